The molecule has 7 heterocycles. The van der Waals surface area contributed by atoms with E-state index >= 15 is 0 Å². The van der Waals surface area contributed by atoms with E-state index in [1.807, 2.05) is 42.5 Å². The molecule has 11 rings (SSSR count). The maximum Gasteiger partial charge on any atom is 0.410 e. The Balaban J connectivity index is 0.967. The molecule has 2 fully saturated rings. The van der Waals surface area contributed by atoms with E-state index < -0.39 is 47.0 Å². The van der Waals surface area contributed by atoms with Crippen LogP contribution >= 0.6 is 11.3 Å². The molecule has 4 aliphatic heterocycles. The summed E-state index contributed by atoms with van der Waals surface area (Å²) in [6.07, 6.45) is 4.71. The number of cyclic esters (lactones) is 1. The lowest BCUT2D eigenvalue weighted by molar-refractivity contribution is -0.155. The summed E-state index contributed by atoms with van der Waals surface area (Å²) in [7, 11) is 1.70. The Bertz CT molecular complexity index is 3330. The number of hydrogen-bond donors (Lipinski definition) is 2. The van der Waals surface area contributed by atoms with Crippen molar-refractivity contribution < 1.29 is 42.9 Å². The fourth-order valence-corrected chi connectivity index (χ4v) is 13.1. The topological polar surface area (TPSA) is 176 Å². The van der Waals surface area contributed by atoms with Gasteiger partial charge in [-0.25, -0.2) is 20.0 Å². The second-order valence-electron chi connectivity index (χ2n) is 23.5. The number of esters is 1. The first-order valence-corrected chi connectivity index (χ1v) is 28.6. The molecule has 2 saturated heterocycles. The van der Waals surface area contributed by atoms with Gasteiger partial charge in [0.2, 0.25) is 0 Å². The highest BCUT2D eigenvalue weighted by Gasteiger charge is 2.42. The summed E-state index contributed by atoms with van der Waals surface area (Å²) in [6.45, 7) is 17.6. The monoisotopic (exact) mass is 1090 g/mol. The SMILES string of the molecule is CCn1c(-c2cc(C3=CC4COCC(C3)N4C(=O)OCC3c4ccccc4-c4ccccc43)cnc2[C@H](C)OC)c2c3cc(ccc31)-c1csc(n1)[C@@H](C)[C@H](NC(=O)OC(C)(C)C)C(=O)N1CCC[C@H](N1)C(=O)OCC(C)(C)C2. The van der Waals surface area contributed by atoms with Crippen LogP contribution in [-0.2, 0) is 46.2 Å². The van der Waals surface area contributed by atoms with Gasteiger partial charge in [-0.1, -0.05) is 81.4 Å². The first-order valence-electron chi connectivity index (χ1n) is 27.7. The van der Waals surface area contributed by atoms with Crippen LogP contribution in [0.1, 0.15) is 126 Å². The second-order valence-corrected chi connectivity index (χ2v) is 24.3. The maximum absolute atomic E-state index is 14.5. The molecule has 0 radical (unpaired) electrons. The lowest BCUT2D eigenvalue weighted by Crippen LogP contribution is -2.61. The molecule has 0 spiro atoms. The quantitative estimate of drug-likeness (QED) is 0.109. The zero-order valence-electron chi connectivity index (χ0n) is 46.6. The molecule has 5 aliphatic rings. The van der Waals surface area contributed by atoms with Gasteiger partial charge in [0.25, 0.3) is 5.91 Å². The number of benzene rings is 3. The van der Waals surface area contributed by atoms with E-state index in [9.17, 15) is 19.2 Å². The molecule has 3 amide bonds. The molecule has 0 saturated carbocycles. The standard InChI is InChI=1S/C62H71N7O9S/c1-10-67-52-22-21-37-26-46(52)48(28-62(7,8)34-77-58(71)50-20-15-23-68(66-50)57(70)53(65-59(72)78-61(4,5)6)35(2)56-64-51(37)33-79-56)55(67)47-27-39(29-63-54(47)36(3)74-9)38-24-40-30-75-31-41(25-38)69(40)60(73)76-32-49-44-18-13-11-16-42(44)43-17-12-14-19-45(43)49/h11-14,16-19,21-22,24,26-27,29,33,35-36,40-41,49-50,53,66H,10,15,20,23,25,28,30-32,34H2,1-9H3,(H,65,72)/t35-,36-,40?,41?,50-,53-/m0/s1. The van der Waals surface area contributed by atoms with Crippen molar-refractivity contribution in [3.63, 3.8) is 0 Å². The number of nitrogens with zero attached hydrogens (tertiary/aromatic N) is 5. The number of fused-ring (bicyclic) bond motifs is 11. The lowest BCUT2D eigenvalue weighted by Gasteiger charge is -2.44. The number of thiazole rings is 1. The molecule has 79 heavy (non-hydrogen) atoms. The Morgan fingerprint density at radius 2 is 1.73 bits per heavy atom. The third-order valence-corrected chi connectivity index (χ3v) is 17.2. The molecule has 6 aromatic rings. The number of morpholine rings is 1. The Morgan fingerprint density at radius 3 is 2.44 bits per heavy atom. The molecule has 2 unspecified atom stereocenters. The van der Waals surface area contributed by atoms with Crippen molar-refractivity contribution >= 4 is 51.9 Å². The average molecular weight is 1090 g/mol. The summed E-state index contributed by atoms with van der Waals surface area (Å²) in [4.78, 5) is 68.5. The van der Waals surface area contributed by atoms with Crippen molar-refractivity contribution in [2.45, 2.75) is 135 Å². The second kappa shape index (κ2) is 21.6. The van der Waals surface area contributed by atoms with E-state index in [-0.39, 0.29) is 43.4 Å². The summed E-state index contributed by atoms with van der Waals surface area (Å²) in [5.41, 5.74) is 14.9. The number of hydrogen-bond acceptors (Lipinski definition) is 13. The van der Waals surface area contributed by atoms with Crippen LogP contribution < -0.4 is 10.7 Å². The van der Waals surface area contributed by atoms with Crippen LogP contribution in [0.25, 0.3) is 50.1 Å². The van der Waals surface area contributed by atoms with Crippen molar-refractivity contribution in [1.29, 1.82) is 0 Å². The molecule has 1 aliphatic carbocycles. The summed E-state index contributed by atoms with van der Waals surface area (Å²) < 4.78 is 32.7. The number of amides is 3. The number of nitrogens with one attached hydrogen (secondary N) is 2. The summed E-state index contributed by atoms with van der Waals surface area (Å²) in [5, 5.41) is 7.96. The molecule has 3 aromatic carbocycles. The number of alkyl carbamates (subject to hydrolysis) is 1. The highest BCUT2D eigenvalue weighted by molar-refractivity contribution is 7.10. The minimum absolute atomic E-state index is 0.0532. The first-order chi connectivity index (χ1) is 37.9. The lowest BCUT2D eigenvalue weighted by atomic mass is 9.83. The normalized spacial score (nSPS) is 22.5. The van der Waals surface area contributed by atoms with E-state index in [4.69, 9.17) is 33.7 Å². The third-order valence-electron chi connectivity index (χ3n) is 16.2. The van der Waals surface area contributed by atoms with Gasteiger partial charge in [-0.3, -0.25) is 24.5 Å². The number of aromatic nitrogens is 3. The molecule has 414 valence electrons. The molecule has 6 atom stereocenters. The molecular formula is C62H71N7O9S. The van der Waals surface area contributed by atoms with Crippen molar-refractivity contribution in [2.24, 2.45) is 5.41 Å². The number of hydrazine groups is 1. The number of rotatable bonds is 8. The van der Waals surface area contributed by atoms with Gasteiger partial charge in [-0.15, -0.1) is 11.3 Å². The van der Waals surface area contributed by atoms with Gasteiger partial charge in [-0.2, -0.15) is 0 Å². The largest absolute Gasteiger partial charge is 0.464 e. The number of aryl methyl sites for hydroxylation is 1. The predicted molar refractivity (Wildman–Crippen MR) is 303 cm³/mol. The van der Waals surface area contributed by atoms with Crippen LogP contribution in [0.2, 0.25) is 0 Å². The first kappa shape index (κ1) is 54.1. The van der Waals surface area contributed by atoms with Crippen LogP contribution in [0.5, 0.6) is 0 Å². The Morgan fingerprint density at radius 1 is 0.987 bits per heavy atom. The fourth-order valence-electron chi connectivity index (χ4n) is 12.2. The van der Waals surface area contributed by atoms with Gasteiger partial charge in [0.05, 0.1) is 60.1 Å². The number of methoxy groups -OCH3 is 1. The van der Waals surface area contributed by atoms with Crippen molar-refractivity contribution in [1.82, 2.24) is 35.2 Å². The minimum Gasteiger partial charge on any atom is -0.464 e. The van der Waals surface area contributed by atoms with Gasteiger partial charge in [0.1, 0.15) is 24.3 Å². The maximum atomic E-state index is 14.5. The van der Waals surface area contributed by atoms with Crippen LogP contribution in [0.4, 0.5) is 9.59 Å². The number of ether oxygens (including phenoxy) is 5. The van der Waals surface area contributed by atoms with Crippen LogP contribution in [0, 0.1) is 5.41 Å². The zero-order chi connectivity index (χ0) is 55.5. The number of carbonyl (C=O) groups excluding carboxylic acids is 4. The zero-order valence-corrected chi connectivity index (χ0v) is 47.4. The average Bonchev–Trinajstić information content (AvgIpc) is 4.30. The minimum atomic E-state index is -1.06. The Kier molecular flexibility index (Phi) is 14.8. The molecule has 16 nitrogen and oxygen atoms in total. The highest BCUT2D eigenvalue weighted by atomic mass is 32.1. The Labute approximate surface area is 465 Å². The predicted octanol–water partition coefficient (Wildman–Crippen LogP) is 11.0. The molecule has 3 aromatic heterocycles. The number of carbonyl (C=O) groups is 4. The van der Waals surface area contributed by atoms with Crippen molar-refractivity contribution in [3.8, 4) is 33.6 Å². The number of pyridine rings is 1. The van der Waals surface area contributed by atoms with Crippen LogP contribution in [-0.4, -0.2) is 118 Å². The van der Waals surface area contributed by atoms with Gasteiger partial charge < -0.3 is 33.6 Å². The summed E-state index contributed by atoms with van der Waals surface area (Å²) in [6, 6.07) is 22.9. The van der Waals surface area contributed by atoms with Crippen molar-refractivity contribution in [2.75, 3.05) is 40.1 Å². The summed E-state index contributed by atoms with van der Waals surface area (Å²) >= 11 is 1.43. The van der Waals surface area contributed by atoms with Gasteiger partial charge >= 0.3 is 18.2 Å². The molecular weight excluding hydrogens is 1020 g/mol. The highest BCUT2D eigenvalue weighted by Crippen LogP contribution is 2.47. The van der Waals surface area contributed by atoms with E-state index in [1.54, 1.807) is 27.9 Å². The smallest absolute Gasteiger partial charge is 0.410 e. The van der Waals surface area contributed by atoms with Crippen molar-refractivity contribution in [3.05, 3.63) is 123 Å². The molecule has 8 bridgehead atoms. The molecule has 2 N–H and O–H groups in total. The molecule has 17 heteroatoms. The Hall–Kier alpha value is -6.92. The van der Waals surface area contributed by atoms with E-state index in [2.05, 4.69) is 103 Å². The van der Waals surface area contributed by atoms with Crippen LogP contribution in [0.3, 0.4) is 0 Å². The van der Waals surface area contributed by atoms with E-state index in [0.29, 0.717) is 57.0 Å². The van der Waals surface area contributed by atoms with Crippen LogP contribution in [0.15, 0.2) is 90.4 Å². The van der Waals surface area contributed by atoms with Gasteiger partial charge in [-0.05, 0) is 117 Å². The van der Waals surface area contributed by atoms with Gasteiger partial charge in [0.15, 0.2) is 0 Å². The fraction of sp³-hybridized carbons (Fsp3) is 0.452. The third kappa shape index (κ3) is 10.6. The van der Waals surface area contributed by atoms with E-state index in [1.165, 1.54) is 38.6 Å². The van der Waals surface area contributed by atoms with Gasteiger partial charge in [0, 0.05) is 71.1 Å². The summed E-state index contributed by atoms with van der Waals surface area (Å²) in [5.74, 6) is -1.48. The van der Waals surface area contributed by atoms with E-state index in [0.717, 1.165) is 55.8 Å².